The highest BCUT2D eigenvalue weighted by Crippen LogP contribution is 2.57. The van der Waals surface area contributed by atoms with Crippen molar-refractivity contribution in [2.45, 2.75) is 59.5 Å². The summed E-state index contributed by atoms with van der Waals surface area (Å²) >= 11 is 0. The molecule has 216 valence electrons. The lowest BCUT2D eigenvalue weighted by Crippen LogP contribution is -2.33. The average Bonchev–Trinajstić information content (AvgIpc) is 3.26. The summed E-state index contributed by atoms with van der Waals surface area (Å²) in [6.07, 6.45) is 3.61. The first-order chi connectivity index (χ1) is 20.3. The molecule has 0 saturated heterocycles. The molecule has 0 fully saturated rings. The van der Waals surface area contributed by atoms with Crippen LogP contribution in [0.15, 0.2) is 78.9 Å². The molecule has 5 nitrogen and oxygen atoms in total. The van der Waals surface area contributed by atoms with E-state index in [9.17, 15) is 4.79 Å². The summed E-state index contributed by atoms with van der Waals surface area (Å²) in [4.78, 5) is 15.8. The quantitative estimate of drug-likeness (QED) is 0.163. The number of benzene rings is 4. The SMILES string of the molecule is CCN(CCCCC(C)C)c1ccc2c(c1)Oc1cc(C)c(Nc3cccc(C)c3)cc1C21OC(=O)c2ccccc21. The number of ether oxygens (including phenoxy) is 2. The Hall–Kier alpha value is -4.25. The highest BCUT2D eigenvalue weighted by atomic mass is 16.6. The molecule has 2 aliphatic rings. The fraction of sp³-hybridized carbons (Fsp3) is 0.324. The highest BCUT2D eigenvalue weighted by Gasteiger charge is 2.53. The summed E-state index contributed by atoms with van der Waals surface area (Å²) in [5.41, 5.74) is 7.30. The summed E-state index contributed by atoms with van der Waals surface area (Å²) in [7, 11) is 0. The molecular formula is C37H40N2O3. The second kappa shape index (κ2) is 11.2. The van der Waals surface area contributed by atoms with Gasteiger partial charge in [0.1, 0.15) is 11.5 Å². The Kier molecular flexibility index (Phi) is 7.44. The second-order valence-corrected chi connectivity index (χ2v) is 12.0. The summed E-state index contributed by atoms with van der Waals surface area (Å²) in [6, 6.07) is 26.5. The van der Waals surface area contributed by atoms with Crippen LogP contribution in [0.2, 0.25) is 0 Å². The van der Waals surface area contributed by atoms with Gasteiger partial charge in [0, 0.05) is 52.9 Å². The summed E-state index contributed by atoms with van der Waals surface area (Å²) in [5.74, 6) is 1.84. The number of carbonyl (C=O) groups is 1. The third-order valence-electron chi connectivity index (χ3n) is 8.55. The molecule has 0 aromatic heterocycles. The molecule has 0 radical (unpaired) electrons. The van der Waals surface area contributed by atoms with Crippen LogP contribution >= 0.6 is 0 Å². The smallest absolute Gasteiger partial charge is 0.340 e. The van der Waals surface area contributed by atoms with Crippen molar-refractivity contribution in [2.24, 2.45) is 5.92 Å². The van der Waals surface area contributed by atoms with Gasteiger partial charge in [-0.15, -0.1) is 0 Å². The molecule has 1 spiro atoms. The van der Waals surface area contributed by atoms with Gasteiger partial charge in [-0.1, -0.05) is 57.0 Å². The van der Waals surface area contributed by atoms with Crippen molar-refractivity contribution in [3.8, 4) is 11.5 Å². The normalized spacial score (nSPS) is 16.5. The van der Waals surface area contributed by atoms with Gasteiger partial charge in [-0.05, 0) is 86.7 Å². The van der Waals surface area contributed by atoms with Gasteiger partial charge in [0.05, 0.1) is 5.56 Å². The molecule has 0 amide bonds. The Balaban J connectivity index is 1.45. The molecule has 2 heterocycles. The molecule has 0 bridgehead atoms. The topological polar surface area (TPSA) is 50.8 Å². The Labute approximate surface area is 249 Å². The van der Waals surface area contributed by atoms with Crippen molar-refractivity contribution in [1.82, 2.24) is 0 Å². The number of carbonyl (C=O) groups excluding carboxylic acids is 1. The lowest BCUT2D eigenvalue weighted by Gasteiger charge is -2.38. The maximum Gasteiger partial charge on any atom is 0.340 e. The lowest BCUT2D eigenvalue weighted by atomic mass is 9.77. The van der Waals surface area contributed by atoms with Gasteiger partial charge < -0.3 is 19.7 Å². The maximum atomic E-state index is 13.4. The van der Waals surface area contributed by atoms with Gasteiger partial charge in [-0.25, -0.2) is 4.79 Å². The molecule has 0 aliphatic carbocycles. The molecule has 4 aromatic carbocycles. The van der Waals surface area contributed by atoms with Crippen molar-refractivity contribution < 1.29 is 14.3 Å². The number of unbranched alkanes of at least 4 members (excludes halogenated alkanes) is 1. The fourth-order valence-electron chi connectivity index (χ4n) is 6.34. The number of anilines is 3. The molecule has 0 saturated carbocycles. The largest absolute Gasteiger partial charge is 0.456 e. The number of hydrogen-bond donors (Lipinski definition) is 1. The number of fused-ring (bicyclic) bond motifs is 6. The molecule has 1 N–H and O–H groups in total. The molecule has 1 unspecified atom stereocenters. The van der Waals surface area contributed by atoms with Crippen LogP contribution in [0.1, 0.15) is 78.2 Å². The number of hydrogen-bond acceptors (Lipinski definition) is 5. The predicted octanol–water partition coefficient (Wildman–Crippen LogP) is 9.27. The van der Waals surface area contributed by atoms with Crippen LogP contribution in [-0.2, 0) is 10.3 Å². The number of esters is 1. The van der Waals surface area contributed by atoms with Crippen molar-refractivity contribution in [3.63, 3.8) is 0 Å². The minimum Gasteiger partial charge on any atom is -0.456 e. The minimum absolute atomic E-state index is 0.317. The summed E-state index contributed by atoms with van der Waals surface area (Å²) in [5, 5.41) is 3.59. The van der Waals surface area contributed by atoms with E-state index in [-0.39, 0.29) is 5.97 Å². The molecule has 5 heteroatoms. The predicted molar refractivity (Wildman–Crippen MR) is 170 cm³/mol. The van der Waals surface area contributed by atoms with Crippen LogP contribution in [-0.4, -0.2) is 19.1 Å². The van der Waals surface area contributed by atoms with Crippen LogP contribution in [0.3, 0.4) is 0 Å². The molecule has 1 atom stereocenters. The lowest BCUT2D eigenvalue weighted by molar-refractivity contribution is 0.0224. The van der Waals surface area contributed by atoms with Gasteiger partial charge >= 0.3 is 5.97 Å². The molecule has 2 aliphatic heterocycles. The zero-order valence-electron chi connectivity index (χ0n) is 25.3. The summed E-state index contributed by atoms with van der Waals surface area (Å²) in [6.45, 7) is 12.8. The minimum atomic E-state index is -1.10. The number of aryl methyl sites for hydroxylation is 2. The van der Waals surface area contributed by atoms with E-state index in [4.69, 9.17) is 9.47 Å². The molecule has 42 heavy (non-hydrogen) atoms. The summed E-state index contributed by atoms with van der Waals surface area (Å²) < 4.78 is 13.1. The van der Waals surface area contributed by atoms with Crippen LogP contribution in [0.4, 0.5) is 17.1 Å². The van der Waals surface area contributed by atoms with E-state index >= 15 is 0 Å². The van der Waals surface area contributed by atoms with Crippen molar-refractivity contribution in [3.05, 3.63) is 112 Å². The third-order valence-corrected chi connectivity index (χ3v) is 8.55. The van der Waals surface area contributed by atoms with E-state index in [1.165, 1.54) is 18.4 Å². The van der Waals surface area contributed by atoms with Gasteiger partial charge in [0.2, 0.25) is 0 Å². The maximum absolute atomic E-state index is 13.4. The Morgan fingerprint density at radius 2 is 1.67 bits per heavy atom. The van der Waals surface area contributed by atoms with Gasteiger partial charge in [-0.2, -0.15) is 0 Å². The monoisotopic (exact) mass is 560 g/mol. The number of rotatable bonds is 9. The van der Waals surface area contributed by atoms with Gasteiger partial charge in [0.15, 0.2) is 5.60 Å². The third kappa shape index (κ3) is 4.91. The average molecular weight is 561 g/mol. The Morgan fingerprint density at radius 1 is 0.857 bits per heavy atom. The van der Waals surface area contributed by atoms with Crippen molar-refractivity contribution in [1.29, 1.82) is 0 Å². The molecule has 4 aromatic rings. The van der Waals surface area contributed by atoms with E-state index in [0.29, 0.717) is 11.3 Å². The zero-order valence-corrected chi connectivity index (χ0v) is 25.3. The first-order valence-corrected chi connectivity index (χ1v) is 15.2. The Morgan fingerprint density at radius 3 is 2.45 bits per heavy atom. The van der Waals surface area contributed by atoms with Crippen molar-refractivity contribution in [2.75, 3.05) is 23.3 Å². The van der Waals surface area contributed by atoms with E-state index in [2.05, 4.69) is 93.4 Å². The zero-order chi connectivity index (χ0) is 29.4. The van der Waals surface area contributed by atoms with Crippen LogP contribution in [0.5, 0.6) is 11.5 Å². The number of nitrogens with one attached hydrogen (secondary N) is 1. The van der Waals surface area contributed by atoms with Gasteiger partial charge in [0.25, 0.3) is 0 Å². The van der Waals surface area contributed by atoms with E-state index in [1.54, 1.807) is 0 Å². The van der Waals surface area contributed by atoms with Crippen LogP contribution < -0.4 is 15.0 Å². The van der Waals surface area contributed by atoms with Crippen LogP contribution in [0, 0.1) is 19.8 Å². The highest BCUT2D eigenvalue weighted by molar-refractivity contribution is 5.97. The first kappa shape index (κ1) is 27.9. The van der Waals surface area contributed by atoms with E-state index < -0.39 is 5.60 Å². The second-order valence-electron chi connectivity index (χ2n) is 12.0. The van der Waals surface area contributed by atoms with Crippen molar-refractivity contribution >= 4 is 23.0 Å². The Bertz CT molecular complexity index is 1640. The van der Waals surface area contributed by atoms with Crippen LogP contribution in [0.25, 0.3) is 0 Å². The fourth-order valence-corrected chi connectivity index (χ4v) is 6.34. The first-order valence-electron chi connectivity index (χ1n) is 15.2. The standard InChI is InChI=1S/C37H40N2O3/c1-6-39(19-10-9-12-24(2)3)28-17-18-31-35(22-28)41-34-21-26(5)33(38-27-14-11-13-25(4)20-27)23-32(34)37(31)30-16-8-7-15-29(30)36(40)42-37/h7-8,11,13-18,20-24,38H,6,9-10,12,19H2,1-5H3. The van der Waals surface area contributed by atoms with E-state index in [1.807, 2.05) is 30.3 Å². The number of nitrogens with zero attached hydrogens (tertiary/aromatic N) is 1. The molecular weight excluding hydrogens is 520 g/mol. The van der Waals surface area contributed by atoms with Gasteiger partial charge in [-0.3, -0.25) is 0 Å². The van der Waals surface area contributed by atoms with E-state index in [0.717, 1.165) is 70.5 Å². The molecule has 6 rings (SSSR count).